The normalized spacial score (nSPS) is 31.0. The molecule has 2 bridgehead atoms. The fraction of sp³-hybridized carbons (Fsp3) is 0.500. The number of rotatable bonds is 6. The summed E-state index contributed by atoms with van der Waals surface area (Å²) in [6, 6.07) is 16.5. The number of piperidine rings is 3. The molecule has 4 heterocycles. The molecule has 4 aliphatic rings. The van der Waals surface area contributed by atoms with Gasteiger partial charge in [0.2, 0.25) is 0 Å². The molecule has 4 saturated heterocycles. The Bertz CT molecular complexity index is 835. The smallest absolute Gasteiger partial charge is 0.123 e. The second-order valence-electron chi connectivity index (χ2n) is 8.66. The summed E-state index contributed by atoms with van der Waals surface area (Å²) in [6.07, 6.45) is 2.57. The Morgan fingerprint density at radius 3 is 2.59 bits per heavy atom. The van der Waals surface area contributed by atoms with E-state index in [0.29, 0.717) is 24.6 Å². The van der Waals surface area contributed by atoms with E-state index in [1.165, 1.54) is 37.1 Å². The molecule has 6 rings (SSSR count). The van der Waals surface area contributed by atoms with Crippen LogP contribution in [0.1, 0.15) is 29.9 Å². The van der Waals surface area contributed by atoms with Gasteiger partial charge >= 0.3 is 0 Å². The number of hydrogen-bond acceptors (Lipinski definition) is 4. The number of halogens is 1. The molecule has 4 fully saturated rings. The van der Waals surface area contributed by atoms with E-state index in [9.17, 15) is 4.39 Å². The lowest BCUT2D eigenvalue weighted by molar-refractivity contribution is -0.00870. The zero-order valence-electron chi connectivity index (χ0n) is 16.7. The van der Waals surface area contributed by atoms with Crippen molar-refractivity contribution in [1.29, 1.82) is 0 Å². The van der Waals surface area contributed by atoms with E-state index in [1.54, 1.807) is 12.1 Å². The van der Waals surface area contributed by atoms with Gasteiger partial charge in [-0.2, -0.15) is 0 Å². The van der Waals surface area contributed by atoms with Crippen LogP contribution < -0.4 is 4.74 Å². The van der Waals surface area contributed by atoms with E-state index in [0.717, 1.165) is 24.8 Å². The van der Waals surface area contributed by atoms with Crippen molar-refractivity contribution in [3.05, 3.63) is 65.5 Å². The molecule has 0 saturated carbocycles. The van der Waals surface area contributed by atoms with Gasteiger partial charge in [-0.1, -0.05) is 24.3 Å². The Morgan fingerprint density at radius 2 is 1.83 bits per heavy atom. The van der Waals surface area contributed by atoms with Crippen LogP contribution in [-0.4, -0.2) is 59.8 Å². The van der Waals surface area contributed by atoms with E-state index in [2.05, 4.69) is 21.9 Å². The summed E-state index contributed by atoms with van der Waals surface area (Å²) in [5.41, 5.74) is 2.51. The molecule has 2 aromatic carbocycles. The average Bonchev–Trinajstić information content (AvgIpc) is 3.15. The van der Waals surface area contributed by atoms with Crippen molar-refractivity contribution in [2.75, 3.05) is 32.8 Å². The average molecular weight is 397 g/mol. The van der Waals surface area contributed by atoms with E-state index >= 15 is 0 Å². The summed E-state index contributed by atoms with van der Waals surface area (Å²) in [4.78, 5) is 5.33. The molecule has 0 radical (unpaired) electrons. The highest BCUT2D eigenvalue weighted by Gasteiger charge is 2.53. The Labute approximate surface area is 171 Å². The molecule has 4 nitrogen and oxygen atoms in total. The molecular formula is C24H29FN2O2. The summed E-state index contributed by atoms with van der Waals surface area (Å²) < 4.78 is 19.1. The van der Waals surface area contributed by atoms with Crippen molar-refractivity contribution in [3.8, 4) is 5.75 Å². The molecule has 1 N–H and O–H groups in total. The van der Waals surface area contributed by atoms with Crippen LogP contribution in [0.15, 0.2) is 48.5 Å². The summed E-state index contributed by atoms with van der Waals surface area (Å²) in [5, 5.41) is 9.01. The molecule has 5 heteroatoms. The van der Waals surface area contributed by atoms with Gasteiger partial charge in [0.25, 0.3) is 0 Å². The third-order valence-electron chi connectivity index (χ3n) is 7.04. The summed E-state index contributed by atoms with van der Waals surface area (Å²) in [6.45, 7) is 4.65. The first-order valence-corrected chi connectivity index (χ1v) is 10.8. The highest BCUT2D eigenvalue weighted by atomic mass is 19.1. The van der Waals surface area contributed by atoms with Crippen LogP contribution in [0.4, 0.5) is 4.39 Å². The summed E-state index contributed by atoms with van der Waals surface area (Å²) in [7, 11) is 0. The molecule has 3 atom stereocenters. The molecule has 154 valence electrons. The third-order valence-corrected chi connectivity index (χ3v) is 7.04. The van der Waals surface area contributed by atoms with Gasteiger partial charge in [-0.15, -0.1) is 0 Å². The maximum atomic E-state index is 13.5. The topological polar surface area (TPSA) is 35.9 Å². The van der Waals surface area contributed by atoms with Crippen LogP contribution in [0.5, 0.6) is 5.75 Å². The predicted octanol–water partition coefficient (Wildman–Crippen LogP) is 3.26. The van der Waals surface area contributed by atoms with Crippen molar-refractivity contribution < 1.29 is 14.2 Å². The van der Waals surface area contributed by atoms with E-state index in [4.69, 9.17) is 9.84 Å². The van der Waals surface area contributed by atoms with E-state index < -0.39 is 0 Å². The van der Waals surface area contributed by atoms with Gasteiger partial charge in [-0.3, -0.25) is 9.80 Å². The second kappa shape index (κ2) is 8.05. The fourth-order valence-electron chi connectivity index (χ4n) is 5.86. The van der Waals surface area contributed by atoms with Crippen LogP contribution in [0.3, 0.4) is 0 Å². The van der Waals surface area contributed by atoms with Crippen LogP contribution in [0, 0.1) is 11.7 Å². The monoisotopic (exact) mass is 396 g/mol. The maximum absolute atomic E-state index is 13.5. The Morgan fingerprint density at radius 1 is 1.03 bits per heavy atom. The SMILES string of the molecule is OCCOc1cccc(CN2C[C@H](c3ccc(F)cc3)[C@@H]3[C@H]2C2CCN3CC2)c1. The second-order valence-corrected chi connectivity index (χ2v) is 8.66. The van der Waals surface area contributed by atoms with Gasteiger partial charge < -0.3 is 9.84 Å². The number of aliphatic hydroxyl groups excluding tert-OH is 1. The summed E-state index contributed by atoms with van der Waals surface area (Å²) >= 11 is 0. The van der Waals surface area contributed by atoms with Gasteiger partial charge in [0.15, 0.2) is 0 Å². The maximum Gasteiger partial charge on any atom is 0.123 e. The lowest BCUT2D eigenvalue weighted by atomic mass is 9.75. The van der Waals surface area contributed by atoms with Gasteiger partial charge in [0.1, 0.15) is 18.2 Å². The third kappa shape index (κ3) is 3.67. The minimum atomic E-state index is -0.162. The molecule has 4 aliphatic heterocycles. The van der Waals surface area contributed by atoms with Gasteiger partial charge in [-0.05, 0) is 67.2 Å². The first-order chi connectivity index (χ1) is 14.2. The van der Waals surface area contributed by atoms with Crippen molar-refractivity contribution >= 4 is 0 Å². The fourth-order valence-corrected chi connectivity index (χ4v) is 5.86. The van der Waals surface area contributed by atoms with Crippen molar-refractivity contribution in [2.24, 2.45) is 5.92 Å². The lowest BCUT2D eigenvalue weighted by Gasteiger charge is -2.51. The zero-order valence-corrected chi connectivity index (χ0v) is 16.7. The van der Waals surface area contributed by atoms with E-state index in [-0.39, 0.29) is 12.4 Å². The number of aliphatic hydroxyl groups is 1. The van der Waals surface area contributed by atoms with Crippen LogP contribution in [-0.2, 0) is 6.54 Å². The summed E-state index contributed by atoms with van der Waals surface area (Å²) in [5.74, 6) is 1.84. The number of nitrogens with zero attached hydrogens (tertiary/aromatic N) is 2. The highest BCUT2D eigenvalue weighted by Crippen LogP contribution is 2.47. The largest absolute Gasteiger partial charge is 0.491 e. The minimum absolute atomic E-state index is 0.0248. The number of hydrogen-bond donors (Lipinski definition) is 1. The number of fused-ring (bicyclic) bond motifs is 2. The van der Waals surface area contributed by atoms with Gasteiger partial charge in [-0.25, -0.2) is 4.39 Å². The zero-order chi connectivity index (χ0) is 19.8. The van der Waals surface area contributed by atoms with Gasteiger partial charge in [0.05, 0.1) is 6.61 Å². The Hall–Kier alpha value is -1.95. The Kier molecular flexibility index (Phi) is 5.29. The number of benzene rings is 2. The van der Waals surface area contributed by atoms with Gasteiger partial charge in [0, 0.05) is 31.1 Å². The number of ether oxygens (including phenoxy) is 1. The standard InChI is InChI=1S/C24H29FN2O2/c25-20-6-4-18(5-7-20)22-16-27(23-19-8-10-26(11-9-19)24(22)23)15-17-2-1-3-21(14-17)29-13-12-28/h1-7,14,19,22-24,28H,8-13,15-16H2/t22-,23-,24-/m1/s1. The molecule has 0 aliphatic carbocycles. The first-order valence-electron chi connectivity index (χ1n) is 10.8. The van der Waals surface area contributed by atoms with Crippen molar-refractivity contribution in [2.45, 2.75) is 37.4 Å². The Balaban J connectivity index is 1.40. The van der Waals surface area contributed by atoms with E-state index in [1.807, 2.05) is 24.3 Å². The van der Waals surface area contributed by atoms with Crippen molar-refractivity contribution in [3.63, 3.8) is 0 Å². The molecule has 0 amide bonds. The number of likely N-dealkylation sites (tertiary alicyclic amines) is 1. The lowest BCUT2D eigenvalue weighted by Crippen LogP contribution is -2.59. The highest BCUT2D eigenvalue weighted by molar-refractivity contribution is 5.31. The molecule has 0 unspecified atom stereocenters. The van der Waals surface area contributed by atoms with Crippen LogP contribution >= 0.6 is 0 Å². The first kappa shape index (κ1) is 19.0. The predicted molar refractivity (Wildman–Crippen MR) is 110 cm³/mol. The van der Waals surface area contributed by atoms with Crippen LogP contribution in [0.2, 0.25) is 0 Å². The molecule has 0 aromatic heterocycles. The minimum Gasteiger partial charge on any atom is -0.491 e. The molecule has 0 spiro atoms. The van der Waals surface area contributed by atoms with Crippen molar-refractivity contribution in [1.82, 2.24) is 9.80 Å². The molecule has 2 aromatic rings. The van der Waals surface area contributed by atoms with Crippen LogP contribution in [0.25, 0.3) is 0 Å². The molecular weight excluding hydrogens is 367 g/mol. The quantitative estimate of drug-likeness (QED) is 0.813. The molecule has 29 heavy (non-hydrogen) atoms.